The van der Waals surface area contributed by atoms with Crippen LogP contribution in [0.3, 0.4) is 0 Å². The van der Waals surface area contributed by atoms with Gasteiger partial charge in [-0.25, -0.2) is 4.39 Å². The zero-order valence-electron chi connectivity index (χ0n) is 15.7. The smallest absolute Gasteiger partial charge is 0.387 e. The van der Waals surface area contributed by atoms with Crippen LogP contribution < -0.4 is 14.8 Å². The number of hydrogen-bond donors (Lipinski definition) is 1. The molecule has 3 rings (SSSR count). The lowest BCUT2D eigenvalue weighted by molar-refractivity contribution is -0.117. The van der Waals surface area contributed by atoms with Gasteiger partial charge in [0, 0.05) is 16.7 Å². The summed E-state index contributed by atoms with van der Waals surface area (Å²) in [6.45, 7) is -0.948. The van der Waals surface area contributed by atoms with Gasteiger partial charge >= 0.3 is 6.61 Å². The number of carbonyl (C=O) groups is 1. The first-order chi connectivity index (χ1) is 14.0. The van der Waals surface area contributed by atoms with Crippen LogP contribution in [0.15, 0.2) is 47.4 Å². The molecule has 2 aromatic rings. The normalized spacial score (nSPS) is 16.0. The average Bonchev–Trinajstić information content (AvgIpc) is 2.68. The van der Waals surface area contributed by atoms with Gasteiger partial charge in [0.2, 0.25) is 5.91 Å². The molecule has 1 amide bonds. The van der Waals surface area contributed by atoms with E-state index in [2.05, 4.69) is 10.1 Å². The van der Waals surface area contributed by atoms with Crippen LogP contribution in [0.1, 0.15) is 30.5 Å². The zero-order chi connectivity index (χ0) is 20.8. The van der Waals surface area contributed by atoms with E-state index in [0.29, 0.717) is 12.0 Å². The number of fused-ring (bicyclic) bond motifs is 1. The summed E-state index contributed by atoms with van der Waals surface area (Å²) in [6.07, 6.45) is 3.60. The van der Waals surface area contributed by atoms with Gasteiger partial charge in [0.15, 0.2) is 11.5 Å². The van der Waals surface area contributed by atoms with Crippen molar-refractivity contribution in [1.29, 1.82) is 0 Å². The molecule has 1 heterocycles. The molecular formula is C21H20F3NO3S. The summed E-state index contributed by atoms with van der Waals surface area (Å²) in [7, 11) is 0. The Balaban J connectivity index is 1.70. The first kappa shape index (κ1) is 21.1. The number of alkyl halides is 2. The quantitative estimate of drug-likeness (QED) is 0.623. The van der Waals surface area contributed by atoms with Crippen molar-refractivity contribution < 1.29 is 27.4 Å². The standard InChI is InChI=1S/C21H20F3NO3S/c1-2-27-18-11-13(3-6-17(18)28-21(23)24)4-8-20(26)25-16-9-10-29-19-7-5-14(22)12-15(16)19/h3-8,11-12,16,21H,2,9-10H2,1H3,(H,25,26)/b8-4+. The van der Waals surface area contributed by atoms with E-state index < -0.39 is 6.61 Å². The Labute approximate surface area is 171 Å². The number of ether oxygens (including phenoxy) is 2. The predicted octanol–water partition coefficient (Wildman–Crippen LogP) is 5.19. The molecule has 0 aromatic heterocycles. The van der Waals surface area contributed by atoms with Gasteiger partial charge in [-0.2, -0.15) is 8.78 Å². The fraction of sp³-hybridized carbons (Fsp3) is 0.286. The Bertz CT molecular complexity index is 905. The van der Waals surface area contributed by atoms with Crippen LogP contribution in [-0.4, -0.2) is 24.9 Å². The highest BCUT2D eigenvalue weighted by Crippen LogP contribution is 2.36. The maximum Gasteiger partial charge on any atom is 0.387 e. The second kappa shape index (κ2) is 9.73. The van der Waals surface area contributed by atoms with Gasteiger partial charge in [-0.05, 0) is 60.9 Å². The number of benzene rings is 2. The number of thioether (sulfide) groups is 1. The molecule has 0 aliphatic carbocycles. The zero-order valence-corrected chi connectivity index (χ0v) is 16.5. The number of rotatable bonds is 7. The molecular weight excluding hydrogens is 403 g/mol. The monoisotopic (exact) mass is 423 g/mol. The van der Waals surface area contributed by atoms with E-state index in [-0.39, 0.29) is 35.9 Å². The maximum absolute atomic E-state index is 13.6. The van der Waals surface area contributed by atoms with Crippen LogP contribution in [0.5, 0.6) is 11.5 Å². The third-order valence-corrected chi connectivity index (χ3v) is 5.36. The Kier molecular flexibility index (Phi) is 7.09. The maximum atomic E-state index is 13.6. The van der Waals surface area contributed by atoms with Gasteiger partial charge in [-0.3, -0.25) is 4.79 Å². The van der Waals surface area contributed by atoms with Crippen molar-refractivity contribution >= 4 is 23.7 Å². The summed E-state index contributed by atoms with van der Waals surface area (Å²) in [5, 5.41) is 2.89. The van der Waals surface area contributed by atoms with Gasteiger partial charge in [0.1, 0.15) is 5.82 Å². The average molecular weight is 423 g/mol. The number of halogens is 3. The molecule has 1 unspecified atom stereocenters. The van der Waals surface area contributed by atoms with Crippen molar-refractivity contribution in [3.05, 3.63) is 59.4 Å². The highest BCUT2D eigenvalue weighted by molar-refractivity contribution is 7.99. The summed E-state index contributed by atoms with van der Waals surface area (Å²) in [6, 6.07) is 8.76. The minimum Gasteiger partial charge on any atom is -0.490 e. The molecule has 1 aliphatic heterocycles. The van der Waals surface area contributed by atoms with Crippen molar-refractivity contribution in [2.45, 2.75) is 30.9 Å². The SMILES string of the molecule is CCOc1cc(/C=C/C(=O)NC2CCSc3ccc(F)cc32)ccc1OC(F)F. The van der Waals surface area contributed by atoms with Crippen LogP contribution in [0.2, 0.25) is 0 Å². The molecule has 8 heteroatoms. The molecule has 0 fully saturated rings. The third kappa shape index (κ3) is 5.69. The summed E-state index contributed by atoms with van der Waals surface area (Å²) < 4.78 is 48.3. The first-order valence-electron chi connectivity index (χ1n) is 9.08. The molecule has 1 N–H and O–H groups in total. The topological polar surface area (TPSA) is 47.6 Å². The van der Waals surface area contributed by atoms with E-state index in [1.54, 1.807) is 36.9 Å². The lowest BCUT2D eigenvalue weighted by atomic mass is 10.0. The molecule has 0 spiro atoms. The van der Waals surface area contributed by atoms with E-state index >= 15 is 0 Å². The fourth-order valence-corrected chi connectivity index (χ4v) is 4.10. The predicted molar refractivity (Wildman–Crippen MR) is 106 cm³/mol. The Morgan fingerprint density at radius 2 is 2.10 bits per heavy atom. The van der Waals surface area contributed by atoms with E-state index in [9.17, 15) is 18.0 Å². The van der Waals surface area contributed by atoms with Crippen molar-refractivity contribution in [3.63, 3.8) is 0 Å². The third-order valence-electron chi connectivity index (χ3n) is 4.24. The van der Waals surface area contributed by atoms with Crippen LogP contribution in [0.4, 0.5) is 13.2 Å². The minimum atomic E-state index is -2.96. The number of amides is 1. The van der Waals surface area contributed by atoms with Crippen LogP contribution in [0, 0.1) is 5.82 Å². The van der Waals surface area contributed by atoms with E-state index in [4.69, 9.17) is 4.74 Å². The molecule has 0 bridgehead atoms. The van der Waals surface area contributed by atoms with Crippen molar-refractivity contribution in [1.82, 2.24) is 5.32 Å². The molecule has 4 nitrogen and oxygen atoms in total. The van der Waals surface area contributed by atoms with E-state index in [1.807, 2.05) is 0 Å². The number of hydrogen-bond acceptors (Lipinski definition) is 4. The van der Waals surface area contributed by atoms with E-state index in [0.717, 1.165) is 16.2 Å². The largest absolute Gasteiger partial charge is 0.490 e. The number of nitrogens with one attached hydrogen (secondary N) is 1. The van der Waals surface area contributed by atoms with Crippen molar-refractivity contribution in [2.75, 3.05) is 12.4 Å². The summed E-state index contributed by atoms with van der Waals surface area (Å²) in [4.78, 5) is 13.3. The van der Waals surface area contributed by atoms with Crippen molar-refractivity contribution in [3.8, 4) is 11.5 Å². The van der Waals surface area contributed by atoms with Gasteiger partial charge in [-0.15, -0.1) is 11.8 Å². The van der Waals surface area contributed by atoms with Crippen LogP contribution in [-0.2, 0) is 4.79 Å². The number of carbonyl (C=O) groups excluding carboxylic acids is 1. The van der Waals surface area contributed by atoms with E-state index in [1.165, 1.54) is 30.3 Å². The lowest BCUT2D eigenvalue weighted by Crippen LogP contribution is -2.29. The minimum absolute atomic E-state index is 0.0678. The summed E-state index contributed by atoms with van der Waals surface area (Å²) in [5.74, 6) is 0.265. The fourth-order valence-electron chi connectivity index (χ4n) is 3.00. The Hall–Kier alpha value is -2.61. The molecule has 2 aromatic carbocycles. The molecule has 0 saturated heterocycles. The van der Waals surface area contributed by atoms with Gasteiger partial charge in [0.05, 0.1) is 12.6 Å². The summed E-state index contributed by atoms with van der Waals surface area (Å²) in [5.41, 5.74) is 1.37. The van der Waals surface area contributed by atoms with Gasteiger partial charge in [-0.1, -0.05) is 6.07 Å². The Morgan fingerprint density at radius 1 is 1.28 bits per heavy atom. The highest BCUT2D eigenvalue weighted by Gasteiger charge is 2.22. The van der Waals surface area contributed by atoms with Crippen LogP contribution in [0.25, 0.3) is 6.08 Å². The highest BCUT2D eigenvalue weighted by atomic mass is 32.2. The molecule has 29 heavy (non-hydrogen) atoms. The second-order valence-electron chi connectivity index (χ2n) is 6.23. The molecule has 1 aliphatic rings. The van der Waals surface area contributed by atoms with Gasteiger partial charge in [0.25, 0.3) is 0 Å². The molecule has 0 radical (unpaired) electrons. The first-order valence-corrected chi connectivity index (χ1v) is 10.1. The van der Waals surface area contributed by atoms with Crippen LogP contribution >= 0.6 is 11.8 Å². The van der Waals surface area contributed by atoms with Gasteiger partial charge < -0.3 is 14.8 Å². The second-order valence-corrected chi connectivity index (χ2v) is 7.37. The molecule has 0 saturated carbocycles. The Morgan fingerprint density at radius 3 is 2.86 bits per heavy atom. The molecule has 154 valence electrons. The molecule has 1 atom stereocenters. The van der Waals surface area contributed by atoms with Crippen molar-refractivity contribution in [2.24, 2.45) is 0 Å². The lowest BCUT2D eigenvalue weighted by Gasteiger charge is -2.25. The summed E-state index contributed by atoms with van der Waals surface area (Å²) >= 11 is 1.63.